The number of hydrogen-bond donors (Lipinski definition) is 1. The molecule has 6 nitrogen and oxygen atoms in total. The highest BCUT2D eigenvalue weighted by molar-refractivity contribution is 7.88. The first-order chi connectivity index (χ1) is 6.96. The predicted molar refractivity (Wildman–Crippen MR) is 50.2 cm³/mol. The molecule has 15 heavy (non-hydrogen) atoms. The van der Waals surface area contributed by atoms with Crippen molar-refractivity contribution in [2.24, 2.45) is 0 Å². The maximum absolute atomic E-state index is 11.1. The van der Waals surface area contributed by atoms with E-state index in [4.69, 9.17) is 17.7 Å². The van der Waals surface area contributed by atoms with E-state index in [2.05, 4.69) is 9.47 Å². The molecule has 0 rings (SSSR count). The lowest BCUT2D eigenvalue weighted by atomic mass is 10.8. The zero-order valence-electron chi connectivity index (χ0n) is 7.50. The van der Waals surface area contributed by atoms with Crippen molar-refractivity contribution in [3.05, 3.63) is 0 Å². The summed E-state index contributed by atoms with van der Waals surface area (Å²) in [5, 5.41) is 0. The molecule has 7 heteroatoms. The standard InChI is InChI=1S/C8H7O6P/c1-3-5-13-7(9)15(11,12)8(10)14-6-4-2/h1-2H,5-6H2,(H,11,12). The fourth-order valence-electron chi connectivity index (χ4n) is 0.456. The minimum atomic E-state index is -4.85. The summed E-state index contributed by atoms with van der Waals surface area (Å²) in [6.45, 7) is -1.02. The van der Waals surface area contributed by atoms with E-state index >= 15 is 0 Å². The Morgan fingerprint density at radius 2 is 1.47 bits per heavy atom. The second kappa shape index (κ2) is 5.87. The monoisotopic (exact) mass is 230 g/mol. The third-order valence-corrected chi connectivity index (χ3v) is 2.30. The first kappa shape index (κ1) is 13.2. The predicted octanol–water partition coefficient (Wildman–Crippen LogP) is 0.796. The molecule has 1 N–H and O–H groups in total. The van der Waals surface area contributed by atoms with E-state index in [1.54, 1.807) is 0 Å². The Balaban J connectivity index is 4.48. The van der Waals surface area contributed by atoms with Crippen molar-refractivity contribution in [3.63, 3.8) is 0 Å². The number of rotatable bonds is 4. The molecule has 0 aliphatic carbocycles. The molecule has 0 heterocycles. The van der Waals surface area contributed by atoms with Gasteiger partial charge in [-0.1, -0.05) is 11.8 Å². The second-order valence-corrected chi connectivity index (χ2v) is 3.98. The smallest absolute Gasteiger partial charge is 0.411 e. The fraction of sp³-hybridized carbons (Fsp3) is 0.250. The highest BCUT2D eigenvalue weighted by Gasteiger charge is 2.41. The first-order valence-corrected chi connectivity index (χ1v) is 5.17. The van der Waals surface area contributed by atoms with E-state index in [1.807, 2.05) is 11.8 Å². The molecule has 0 aromatic heterocycles. The van der Waals surface area contributed by atoms with E-state index in [9.17, 15) is 14.2 Å². The Morgan fingerprint density at radius 3 is 1.73 bits per heavy atom. The van der Waals surface area contributed by atoms with Gasteiger partial charge in [0.2, 0.25) is 0 Å². The zero-order chi connectivity index (χ0) is 11.9. The lowest BCUT2D eigenvalue weighted by Crippen LogP contribution is -2.12. The van der Waals surface area contributed by atoms with Gasteiger partial charge in [-0.2, -0.15) is 0 Å². The van der Waals surface area contributed by atoms with Gasteiger partial charge in [-0.05, 0) is 0 Å². The molecule has 0 aromatic carbocycles. The summed E-state index contributed by atoms with van der Waals surface area (Å²) < 4.78 is 19.3. The van der Waals surface area contributed by atoms with Crippen LogP contribution < -0.4 is 0 Å². The van der Waals surface area contributed by atoms with Gasteiger partial charge >= 0.3 is 18.8 Å². The van der Waals surface area contributed by atoms with Gasteiger partial charge in [0.15, 0.2) is 13.2 Å². The summed E-state index contributed by atoms with van der Waals surface area (Å²) in [5.41, 5.74) is -3.25. The molecule has 0 spiro atoms. The van der Waals surface area contributed by atoms with Crippen LogP contribution in [0.25, 0.3) is 0 Å². The molecule has 0 saturated carbocycles. The largest absolute Gasteiger partial charge is 0.445 e. The Bertz CT molecular complexity index is 351. The van der Waals surface area contributed by atoms with Crippen molar-refractivity contribution in [2.45, 2.75) is 0 Å². The lowest BCUT2D eigenvalue weighted by molar-refractivity contribution is 0.172. The minimum absolute atomic E-state index is 0.508. The molecule has 0 saturated heterocycles. The van der Waals surface area contributed by atoms with Crippen molar-refractivity contribution in [1.29, 1.82) is 0 Å². The molecule has 0 unspecified atom stereocenters. The fourth-order valence-corrected chi connectivity index (χ4v) is 1.08. The van der Waals surface area contributed by atoms with Gasteiger partial charge < -0.3 is 14.4 Å². The number of ether oxygens (including phenoxy) is 2. The van der Waals surface area contributed by atoms with Crippen LogP contribution in [0.4, 0.5) is 9.59 Å². The molecule has 0 amide bonds. The number of carbonyl (C=O) groups excluding carboxylic acids is 2. The van der Waals surface area contributed by atoms with E-state index < -0.39 is 32.0 Å². The van der Waals surface area contributed by atoms with E-state index in [1.165, 1.54) is 0 Å². The van der Waals surface area contributed by atoms with Gasteiger partial charge in [-0.3, -0.25) is 4.57 Å². The first-order valence-electron chi connectivity index (χ1n) is 3.51. The SMILES string of the molecule is C#CCOC(=O)P(=O)(O)C(=O)OCC#C. The van der Waals surface area contributed by atoms with E-state index in [0.717, 1.165) is 0 Å². The zero-order valence-corrected chi connectivity index (χ0v) is 8.40. The summed E-state index contributed by atoms with van der Waals surface area (Å²) >= 11 is 0. The third kappa shape index (κ3) is 3.86. The van der Waals surface area contributed by atoms with Gasteiger partial charge in [-0.25, -0.2) is 9.59 Å². The second-order valence-electron chi connectivity index (χ2n) is 2.09. The van der Waals surface area contributed by atoms with Crippen LogP contribution in [0.2, 0.25) is 0 Å². The van der Waals surface area contributed by atoms with Gasteiger partial charge in [0, 0.05) is 0 Å². The molecule has 80 valence electrons. The molecule has 0 aromatic rings. The van der Waals surface area contributed by atoms with Gasteiger partial charge in [0.25, 0.3) is 0 Å². The summed E-state index contributed by atoms with van der Waals surface area (Å²) in [7, 11) is -4.85. The van der Waals surface area contributed by atoms with Crippen molar-refractivity contribution in [3.8, 4) is 24.7 Å². The third-order valence-electron chi connectivity index (χ3n) is 1.05. The maximum Gasteiger partial charge on any atom is 0.411 e. The van der Waals surface area contributed by atoms with Crippen LogP contribution in [0.3, 0.4) is 0 Å². The molecule has 0 atom stereocenters. The minimum Gasteiger partial charge on any atom is -0.445 e. The van der Waals surface area contributed by atoms with Crippen molar-refractivity contribution >= 4 is 18.8 Å². The maximum atomic E-state index is 11.1. The molecule has 0 aliphatic rings. The molecule has 0 aliphatic heterocycles. The highest BCUT2D eigenvalue weighted by atomic mass is 31.2. The highest BCUT2D eigenvalue weighted by Crippen LogP contribution is 2.44. The number of carbonyl (C=O) groups is 2. The average molecular weight is 230 g/mol. The van der Waals surface area contributed by atoms with Crippen LogP contribution in [0.15, 0.2) is 0 Å². The summed E-state index contributed by atoms with van der Waals surface area (Å²) in [6.07, 6.45) is 9.47. The molecular weight excluding hydrogens is 223 g/mol. The topological polar surface area (TPSA) is 89.9 Å². The van der Waals surface area contributed by atoms with Crippen molar-refractivity contribution < 1.29 is 28.5 Å². The van der Waals surface area contributed by atoms with Gasteiger partial charge in [-0.15, -0.1) is 12.8 Å². The lowest BCUT2D eigenvalue weighted by Gasteiger charge is -2.07. The summed E-state index contributed by atoms with van der Waals surface area (Å²) in [6, 6.07) is 0. The summed E-state index contributed by atoms with van der Waals surface area (Å²) in [5.74, 6) is 3.79. The molecule has 0 radical (unpaired) electrons. The molecule has 0 fully saturated rings. The van der Waals surface area contributed by atoms with Gasteiger partial charge in [0.05, 0.1) is 0 Å². The van der Waals surface area contributed by atoms with Crippen LogP contribution in [0.5, 0.6) is 0 Å². The number of terminal acetylenes is 2. The Labute approximate surface area is 86.0 Å². The van der Waals surface area contributed by atoms with Crippen LogP contribution in [0, 0.1) is 24.7 Å². The van der Waals surface area contributed by atoms with Crippen molar-refractivity contribution in [1.82, 2.24) is 0 Å². The normalized spacial score (nSPS) is 9.53. The number of hydrogen-bond acceptors (Lipinski definition) is 5. The van der Waals surface area contributed by atoms with E-state index in [0.29, 0.717) is 0 Å². The van der Waals surface area contributed by atoms with Crippen LogP contribution in [-0.2, 0) is 14.0 Å². The Hall–Kier alpha value is -1.75. The summed E-state index contributed by atoms with van der Waals surface area (Å²) in [4.78, 5) is 30.7. The van der Waals surface area contributed by atoms with Crippen molar-refractivity contribution in [2.75, 3.05) is 13.2 Å². The van der Waals surface area contributed by atoms with E-state index in [-0.39, 0.29) is 0 Å². The average Bonchev–Trinajstić information content (AvgIpc) is 2.21. The Morgan fingerprint density at radius 1 is 1.13 bits per heavy atom. The van der Waals surface area contributed by atoms with Crippen LogP contribution >= 0.6 is 7.37 Å². The van der Waals surface area contributed by atoms with Gasteiger partial charge in [0.1, 0.15) is 0 Å². The quantitative estimate of drug-likeness (QED) is 0.567. The Kier molecular flexibility index (Phi) is 5.19. The molecule has 0 bridgehead atoms. The molecular formula is C8H7O6P. The van der Waals surface area contributed by atoms with Crippen LogP contribution in [0.1, 0.15) is 0 Å². The van der Waals surface area contributed by atoms with Crippen LogP contribution in [-0.4, -0.2) is 29.5 Å².